The van der Waals surface area contributed by atoms with E-state index in [0.717, 1.165) is 0 Å². The van der Waals surface area contributed by atoms with Crippen LogP contribution in [0, 0.1) is 0 Å². The van der Waals surface area contributed by atoms with Crippen LogP contribution in [0.5, 0.6) is 0 Å². The SMILES string of the molecule is NC(=O)NC(=O)CO.S.[H-].[Na+]. The van der Waals surface area contributed by atoms with E-state index in [1.807, 2.05) is 0 Å². The van der Waals surface area contributed by atoms with E-state index < -0.39 is 18.5 Å². The third-order valence-corrected chi connectivity index (χ3v) is 0.406. The van der Waals surface area contributed by atoms with Crippen LogP contribution in [0.4, 0.5) is 4.79 Å². The van der Waals surface area contributed by atoms with Crippen molar-refractivity contribution in [2.45, 2.75) is 0 Å². The smallest absolute Gasteiger partial charge is 1.00 e. The third kappa shape index (κ3) is 11.1. The molecular formula is C3H9N2NaO3S. The molecule has 10 heavy (non-hydrogen) atoms. The molecule has 0 aliphatic carbocycles. The van der Waals surface area contributed by atoms with Gasteiger partial charge in [-0.25, -0.2) is 4.79 Å². The normalized spacial score (nSPS) is 6.50. The molecule has 0 saturated carbocycles. The minimum absolute atomic E-state index is 0. The van der Waals surface area contributed by atoms with E-state index in [2.05, 4.69) is 5.73 Å². The van der Waals surface area contributed by atoms with E-state index in [4.69, 9.17) is 5.11 Å². The Morgan fingerprint density at radius 3 is 2.10 bits per heavy atom. The molecule has 7 heteroatoms. The van der Waals surface area contributed by atoms with Crippen molar-refractivity contribution >= 4 is 25.4 Å². The molecule has 0 heterocycles. The predicted octanol–water partition coefficient (Wildman–Crippen LogP) is -4.60. The first-order chi connectivity index (χ1) is 3.66. The molecule has 0 rings (SSSR count). The quantitative estimate of drug-likeness (QED) is 0.351. The van der Waals surface area contributed by atoms with Gasteiger partial charge >= 0.3 is 35.6 Å². The molecule has 56 valence electrons. The Morgan fingerprint density at radius 2 is 2.00 bits per heavy atom. The van der Waals surface area contributed by atoms with E-state index in [1.54, 1.807) is 5.32 Å². The van der Waals surface area contributed by atoms with Gasteiger partial charge in [0.15, 0.2) is 0 Å². The summed E-state index contributed by atoms with van der Waals surface area (Å²) in [6.07, 6.45) is 0. The third-order valence-electron chi connectivity index (χ3n) is 0.406. The van der Waals surface area contributed by atoms with Gasteiger partial charge < -0.3 is 12.3 Å². The number of amides is 3. The molecule has 0 aromatic heterocycles. The minimum atomic E-state index is -0.955. The monoisotopic (exact) mass is 176 g/mol. The number of primary amides is 1. The fourth-order valence-corrected chi connectivity index (χ4v) is 0.177. The molecule has 0 bridgehead atoms. The number of hydrogen-bond acceptors (Lipinski definition) is 3. The number of urea groups is 1. The number of imide groups is 1. The maximum absolute atomic E-state index is 9.96. The van der Waals surface area contributed by atoms with Crippen molar-refractivity contribution < 1.29 is 45.7 Å². The van der Waals surface area contributed by atoms with E-state index >= 15 is 0 Å². The standard InChI is InChI=1S/C3H6N2O3.Na.H2S.H/c4-3(8)5-2(7)1-6;;;/h6H,1H2,(H3,4,5,7,8);;1H2;/q;+1;;-1. The van der Waals surface area contributed by atoms with Crippen molar-refractivity contribution in [1.29, 1.82) is 0 Å². The maximum atomic E-state index is 9.96. The molecule has 0 atom stereocenters. The summed E-state index contributed by atoms with van der Waals surface area (Å²) in [4.78, 5) is 19.7. The number of carbonyl (C=O) groups is 2. The zero-order valence-corrected chi connectivity index (χ0v) is 8.55. The predicted molar refractivity (Wildman–Crippen MR) is 36.3 cm³/mol. The first-order valence-electron chi connectivity index (χ1n) is 1.87. The van der Waals surface area contributed by atoms with Gasteiger partial charge in [-0.05, 0) is 0 Å². The van der Waals surface area contributed by atoms with Gasteiger partial charge in [-0.3, -0.25) is 10.1 Å². The van der Waals surface area contributed by atoms with Crippen LogP contribution in [0.25, 0.3) is 0 Å². The van der Waals surface area contributed by atoms with Gasteiger partial charge in [0.25, 0.3) is 5.91 Å². The van der Waals surface area contributed by atoms with Crippen LogP contribution in [-0.2, 0) is 4.79 Å². The van der Waals surface area contributed by atoms with Gasteiger partial charge in [-0.2, -0.15) is 13.5 Å². The number of carbonyl (C=O) groups excluding carboxylic acids is 2. The van der Waals surface area contributed by atoms with Crippen LogP contribution < -0.4 is 40.6 Å². The fourth-order valence-electron chi connectivity index (χ4n) is 0.177. The number of rotatable bonds is 1. The fraction of sp³-hybridized carbons (Fsp3) is 0.333. The Kier molecular flexibility index (Phi) is 15.4. The molecule has 5 nitrogen and oxygen atoms in total. The van der Waals surface area contributed by atoms with Crippen LogP contribution in [0.15, 0.2) is 0 Å². The van der Waals surface area contributed by atoms with Gasteiger partial charge in [-0.15, -0.1) is 0 Å². The van der Waals surface area contributed by atoms with Crippen molar-refractivity contribution in [1.82, 2.24) is 5.32 Å². The largest absolute Gasteiger partial charge is 1.00 e. The molecular weight excluding hydrogens is 167 g/mol. The van der Waals surface area contributed by atoms with Crippen LogP contribution in [-0.4, -0.2) is 23.7 Å². The van der Waals surface area contributed by atoms with Crippen LogP contribution in [0.1, 0.15) is 1.43 Å². The van der Waals surface area contributed by atoms with Gasteiger partial charge in [0.05, 0.1) is 0 Å². The Labute approximate surface area is 88.6 Å². The topological polar surface area (TPSA) is 92.4 Å². The van der Waals surface area contributed by atoms with Gasteiger partial charge in [0.1, 0.15) is 6.61 Å². The average molecular weight is 176 g/mol. The van der Waals surface area contributed by atoms with E-state index in [9.17, 15) is 9.59 Å². The second-order valence-electron chi connectivity index (χ2n) is 1.07. The average Bonchev–Trinajstić information content (AvgIpc) is 1.65. The first-order valence-corrected chi connectivity index (χ1v) is 1.87. The number of aliphatic hydroxyl groups is 1. The number of nitrogens with two attached hydrogens (primary N) is 1. The van der Waals surface area contributed by atoms with Crippen molar-refractivity contribution in [2.24, 2.45) is 5.73 Å². The second-order valence-corrected chi connectivity index (χ2v) is 1.07. The summed E-state index contributed by atoms with van der Waals surface area (Å²) in [6.45, 7) is -0.719. The van der Waals surface area contributed by atoms with Gasteiger partial charge in [0.2, 0.25) is 0 Å². The summed E-state index contributed by atoms with van der Waals surface area (Å²) in [5.74, 6) is -0.794. The van der Waals surface area contributed by atoms with Crippen LogP contribution >= 0.6 is 13.5 Å². The molecule has 0 fully saturated rings. The van der Waals surface area contributed by atoms with E-state index in [-0.39, 0.29) is 44.5 Å². The van der Waals surface area contributed by atoms with Crippen LogP contribution in [0.3, 0.4) is 0 Å². The molecule has 0 aliphatic rings. The van der Waals surface area contributed by atoms with Gasteiger partial charge in [0, 0.05) is 0 Å². The van der Waals surface area contributed by atoms with Gasteiger partial charge in [-0.1, -0.05) is 0 Å². The molecule has 0 saturated heterocycles. The first kappa shape index (κ1) is 16.7. The molecule has 3 amide bonds. The Morgan fingerprint density at radius 1 is 1.60 bits per heavy atom. The summed E-state index contributed by atoms with van der Waals surface area (Å²) >= 11 is 0. The van der Waals surface area contributed by atoms with Crippen LogP contribution in [0.2, 0.25) is 0 Å². The zero-order valence-electron chi connectivity index (χ0n) is 6.55. The summed E-state index contributed by atoms with van der Waals surface area (Å²) in [6, 6.07) is -0.955. The van der Waals surface area contributed by atoms with Crippen molar-refractivity contribution in [3.63, 3.8) is 0 Å². The minimum Gasteiger partial charge on any atom is -1.00 e. The number of nitrogens with one attached hydrogen (secondary N) is 1. The number of aliphatic hydroxyl groups excluding tert-OH is 1. The summed E-state index contributed by atoms with van der Waals surface area (Å²) < 4.78 is 0. The number of hydrogen-bond donors (Lipinski definition) is 3. The summed E-state index contributed by atoms with van der Waals surface area (Å²) in [7, 11) is 0. The Hall–Kier alpha value is 0.250. The van der Waals surface area contributed by atoms with Crippen molar-refractivity contribution in [2.75, 3.05) is 6.61 Å². The van der Waals surface area contributed by atoms with E-state index in [1.165, 1.54) is 0 Å². The Balaban J connectivity index is -0.0000000817. The molecule has 0 aromatic rings. The summed E-state index contributed by atoms with van der Waals surface area (Å²) in [5, 5.41) is 9.61. The van der Waals surface area contributed by atoms with E-state index in [0.29, 0.717) is 0 Å². The molecule has 0 radical (unpaired) electrons. The molecule has 0 spiro atoms. The molecule has 4 N–H and O–H groups in total. The molecule has 0 aromatic carbocycles. The Bertz CT molecular complexity index is 125. The molecule has 0 unspecified atom stereocenters. The molecule has 0 aliphatic heterocycles. The van der Waals surface area contributed by atoms with Crippen molar-refractivity contribution in [3.05, 3.63) is 0 Å². The summed E-state index contributed by atoms with van der Waals surface area (Å²) in [5.41, 5.74) is 4.49. The second kappa shape index (κ2) is 9.25. The maximum Gasteiger partial charge on any atom is 1.00 e. The van der Waals surface area contributed by atoms with Crippen molar-refractivity contribution in [3.8, 4) is 0 Å². The zero-order chi connectivity index (χ0) is 6.57.